The lowest BCUT2D eigenvalue weighted by molar-refractivity contribution is 0.588. The summed E-state index contributed by atoms with van der Waals surface area (Å²) < 4.78 is 1.80. The molecular weight excluding hydrogens is 272 g/mol. The Morgan fingerprint density at radius 1 is 1.30 bits per heavy atom. The van der Waals surface area contributed by atoms with Crippen LogP contribution in [0.3, 0.4) is 0 Å². The van der Waals surface area contributed by atoms with Gasteiger partial charge in [-0.15, -0.1) is 0 Å². The number of aromatic nitrogens is 3. The zero-order valence-corrected chi connectivity index (χ0v) is 13.1. The lowest BCUT2D eigenvalue weighted by atomic mass is 10.1. The summed E-state index contributed by atoms with van der Waals surface area (Å²) in [7, 11) is 0. The van der Waals surface area contributed by atoms with E-state index in [0.29, 0.717) is 17.0 Å². The molecule has 0 unspecified atom stereocenters. The first-order valence-electron chi connectivity index (χ1n) is 6.91. The van der Waals surface area contributed by atoms with Gasteiger partial charge in [0.1, 0.15) is 0 Å². The molecular formula is C15H21ClN4. The highest BCUT2D eigenvalue weighted by molar-refractivity contribution is 6.31. The summed E-state index contributed by atoms with van der Waals surface area (Å²) in [5.41, 5.74) is 2.09. The van der Waals surface area contributed by atoms with E-state index in [-0.39, 0.29) is 0 Å². The normalized spacial score (nSPS) is 11.6. The third-order valence-corrected chi connectivity index (χ3v) is 3.40. The molecule has 2 heterocycles. The van der Waals surface area contributed by atoms with Crippen LogP contribution in [0, 0.1) is 0 Å². The van der Waals surface area contributed by atoms with Crippen LogP contribution in [0.25, 0.3) is 5.82 Å². The third kappa shape index (κ3) is 3.58. The molecule has 20 heavy (non-hydrogen) atoms. The molecule has 2 rings (SSSR count). The molecule has 108 valence electrons. The predicted octanol–water partition coefficient (Wildman–Crippen LogP) is 3.54. The van der Waals surface area contributed by atoms with Crippen LogP contribution in [0.15, 0.2) is 24.5 Å². The zero-order chi connectivity index (χ0) is 14.7. The molecule has 4 nitrogen and oxygen atoms in total. The van der Waals surface area contributed by atoms with Crippen LogP contribution in [-0.2, 0) is 6.54 Å². The Labute approximate surface area is 125 Å². The van der Waals surface area contributed by atoms with Gasteiger partial charge < -0.3 is 5.32 Å². The highest BCUT2D eigenvalue weighted by atomic mass is 35.5. The first kappa shape index (κ1) is 15.0. The van der Waals surface area contributed by atoms with E-state index in [9.17, 15) is 0 Å². The minimum absolute atomic E-state index is 0.408. The molecule has 0 saturated heterocycles. The van der Waals surface area contributed by atoms with Gasteiger partial charge in [-0.1, -0.05) is 39.3 Å². The maximum absolute atomic E-state index is 6.19. The average Bonchev–Trinajstić information content (AvgIpc) is 2.87. The molecule has 0 atom stereocenters. The van der Waals surface area contributed by atoms with Gasteiger partial charge in [0, 0.05) is 25.0 Å². The Morgan fingerprint density at radius 2 is 2.05 bits per heavy atom. The molecule has 0 bridgehead atoms. The van der Waals surface area contributed by atoms with Crippen molar-refractivity contribution in [2.24, 2.45) is 0 Å². The Kier molecular flexibility index (Phi) is 4.78. The largest absolute Gasteiger partial charge is 0.310 e. The van der Waals surface area contributed by atoms with Crippen molar-refractivity contribution >= 4 is 11.6 Å². The SMILES string of the molecule is CC(C)NCc1cc(-n2ccc(C(C)C)n2)ncc1Cl. The summed E-state index contributed by atoms with van der Waals surface area (Å²) in [6.07, 6.45) is 3.62. The fourth-order valence-corrected chi connectivity index (χ4v) is 1.99. The highest BCUT2D eigenvalue weighted by Gasteiger charge is 2.08. The Hall–Kier alpha value is -1.39. The molecule has 1 N–H and O–H groups in total. The highest BCUT2D eigenvalue weighted by Crippen LogP contribution is 2.18. The first-order valence-corrected chi connectivity index (χ1v) is 7.29. The van der Waals surface area contributed by atoms with Gasteiger partial charge in [0.05, 0.1) is 10.7 Å². The van der Waals surface area contributed by atoms with E-state index in [1.165, 1.54) is 0 Å². The topological polar surface area (TPSA) is 42.7 Å². The van der Waals surface area contributed by atoms with Crippen molar-refractivity contribution in [2.75, 3.05) is 0 Å². The summed E-state index contributed by atoms with van der Waals surface area (Å²) in [5, 5.41) is 8.58. The smallest absolute Gasteiger partial charge is 0.153 e. The third-order valence-electron chi connectivity index (χ3n) is 3.06. The van der Waals surface area contributed by atoms with E-state index in [1.54, 1.807) is 10.9 Å². The summed E-state index contributed by atoms with van der Waals surface area (Å²) in [6, 6.07) is 4.42. The van der Waals surface area contributed by atoms with Gasteiger partial charge in [0.2, 0.25) is 0 Å². The van der Waals surface area contributed by atoms with E-state index >= 15 is 0 Å². The van der Waals surface area contributed by atoms with Gasteiger partial charge in [-0.3, -0.25) is 0 Å². The fraction of sp³-hybridized carbons (Fsp3) is 0.467. The molecule has 2 aromatic heterocycles. The maximum Gasteiger partial charge on any atom is 0.153 e. The van der Waals surface area contributed by atoms with Gasteiger partial charge in [-0.05, 0) is 23.6 Å². The standard InChI is InChI=1S/C15H21ClN4/c1-10(2)14-5-6-20(19-14)15-7-12(8-17-11(3)4)13(16)9-18-15/h5-7,9-11,17H,8H2,1-4H3. The second kappa shape index (κ2) is 6.37. The number of nitrogens with one attached hydrogen (secondary N) is 1. The van der Waals surface area contributed by atoms with Crippen molar-refractivity contribution in [3.05, 3.63) is 40.8 Å². The van der Waals surface area contributed by atoms with E-state index in [1.807, 2.05) is 18.3 Å². The van der Waals surface area contributed by atoms with E-state index in [4.69, 9.17) is 11.6 Å². The lowest BCUT2D eigenvalue weighted by Crippen LogP contribution is -2.22. The van der Waals surface area contributed by atoms with Crippen LogP contribution < -0.4 is 5.32 Å². The number of hydrogen-bond acceptors (Lipinski definition) is 3. The van der Waals surface area contributed by atoms with Crippen molar-refractivity contribution in [1.82, 2.24) is 20.1 Å². The van der Waals surface area contributed by atoms with Gasteiger partial charge >= 0.3 is 0 Å². The van der Waals surface area contributed by atoms with Crippen molar-refractivity contribution in [3.8, 4) is 5.82 Å². The molecule has 0 spiro atoms. The fourth-order valence-electron chi connectivity index (χ4n) is 1.82. The van der Waals surface area contributed by atoms with E-state index < -0.39 is 0 Å². The minimum atomic E-state index is 0.408. The molecule has 0 amide bonds. The van der Waals surface area contributed by atoms with Crippen molar-refractivity contribution in [2.45, 2.75) is 46.2 Å². The number of pyridine rings is 1. The molecule has 0 radical (unpaired) electrons. The second-order valence-electron chi connectivity index (χ2n) is 5.51. The molecule has 0 saturated carbocycles. The maximum atomic E-state index is 6.19. The molecule has 0 aliphatic heterocycles. The molecule has 2 aromatic rings. The van der Waals surface area contributed by atoms with E-state index in [2.05, 4.69) is 43.1 Å². The molecule has 0 aromatic carbocycles. The van der Waals surface area contributed by atoms with Crippen molar-refractivity contribution < 1.29 is 0 Å². The predicted molar refractivity (Wildman–Crippen MR) is 82.4 cm³/mol. The molecule has 0 fully saturated rings. The van der Waals surface area contributed by atoms with Gasteiger partial charge in [0.15, 0.2) is 5.82 Å². The Bertz CT molecular complexity index is 575. The quantitative estimate of drug-likeness (QED) is 0.916. The van der Waals surface area contributed by atoms with Crippen LogP contribution in [0.5, 0.6) is 0 Å². The number of hydrogen-bond donors (Lipinski definition) is 1. The molecule has 0 aliphatic rings. The second-order valence-corrected chi connectivity index (χ2v) is 5.92. The molecule has 0 aliphatic carbocycles. The summed E-state index contributed by atoms with van der Waals surface area (Å²) in [4.78, 5) is 4.35. The van der Waals surface area contributed by atoms with Crippen LogP contribution in [-0.4, -0.2) is 20.8 Å². The lowest BCUT2D eigenvalue weighted by Gasteiger charge is -2.10. The van der Waals surface area contributed by atoms with Gasteiger partial charge in [-0.25, -0.2) is 9.67 Å². The molecule has 5 heteroatoms. The monoisotopic (exact) mass is 292 g/mol. The Morgan fingerprint density at radius 3 is 2.65 bits per heavy atom. The van der Waals surface area contributed by atoms with Gasteiger partial charge in [-0.2, -0.15) is 5.10 Å². The minimum Gasteiger partial charge on any atom is -0.310 e. The summed E-state index contributed by atoms with van der Waals surface area (Å²) in [5.74, 6) is 1.20. The number of nitrogens with zero attached hydrogens (tertiary/aromatic N) is 3. The zero-order valence-electron chi connectivity index (χ0n) is 12.4. The van der Waals surface area contributed by atoms with Crippen LogP contribution >= 0.6 is 11.6 Å². The van der Waals surface area contributed by atoms with Crippen LogP contribution in [0.2, 0.25) is 5.02 Å². The van der Waals surface area contributed by atoms with Gasteiger partial charge in [0.25, 0.3) is 0 Å². The van der Waals surface area contributed by atoms with Crippen molar-refractivity contribution in [3.63, 3.8) is 0 Å². The summed E-state index contributed by atoms with van der Waals surface area (Å²) in [6.45, 7) is 9.20. The van der Waals surface area contributed by atoms with E-state index in [0.717, 1.165) is 23.6 Å². The summed E-state index contributed by atoms with van der Waals surface area (Å²) >= 11 is 6.19. The number of halogens is 1. The Balaban J connectivity index is 2.25. The van der Waals surface area contributed by atoms with Crippen molar-refractivity contribution in [1.29, 1.82) is 0 Å². The first-order chi connectivity index (χ1) is 9.47. The number of rotatable bonds is 5. The van der Waals surface area contributed by atoms with Crippen LogP contribution in [0.4, 0.5) is 0 Å². The average molecular weight is 293 g/mol. The van der Waals surface area contributed by atoms with Crippen LogP contribution in [0.1, 0.15) is 44.9 Å².